The molecule has 0 bridgehead atoms. The molecule has 0 radical (unpaired) electrons. The summed E-state index contributed by atoms with van der Waals surface area (Å²) in [6.07, 6.45) is 5.04. The summed E-state index contributed by atoms with van der Waals surface area (Å²) in [5.74, 6) is 1.33. The van der Waals surface area contributed by atoms with Crippen LogP contribution < -0.4 is 10.1 Å². The van der Waals surface area contributed by atoms with Crippen molar-refractivity contribution in [3.05, 3.63) is 35.9 Å². The Hall–Kier alpha value is -1.85. The van der Waals surface area contributed by atoms with E-state index in [1.807, 2.05) is 24.3 Å². The second-order valence-electron chi connectivity index (χ2n) is 6.49. The number of nitrogens with zero attached hydrogens (tertiary/aromatic N) is 1. The number of ether oxygens (including phenoxy) is 1. The van der Waals surface area contributed by atoms with Crippen LogP contribution in [0.15, 0.2) is 30.3 Å². The van der Waals surface area contributed by atoms with Gasteiger partial charge in [-0.3, -0.25) is 4.79 Å². The Labute approximate surface area is 144 Å². The number of rotatable bonds is 7. The molecule has 0 aromatic heterocycles. The molecule has 1 aliphatic heterocycles. The number of benzene rings is 1. The molecular weight excluding hydrogens is 304 g/mol. The van der Waals surface area contributed by atoms with Gasteiger partial charge in [0.1, 0.15) is 5.75 Å². The highest BCUT2D eigenvalue weighted by atomic mass is 16.5. The standard InChI is InChI=1S/C19H28N2O3/c1-15-8-10-21(11-9-15)14-17(22)13-20-19(23)7-6-16-4-3-5-18(12-16)24-2/h3-7,12,15,17,22H,8-11,13-14H2,1-2H3,(H,20,23)/b7-6+. The molecule has 5 nitrogen and oxygen atoms in total. The number of aliphatic hydroxyl groups is 1. The fraction of sp³-hybridized carbons (Fsp3) is 0.526. The molecule has 1 atom stereocenters. The van der Waals surface area contributed by atoms with E-state index < -0.39 is 6.10 Å². The summed E-state index contributed by atoms with van der Waals surface area (Å²) in [4.78, 5) is 14.1. The number of amides is 1. The maximum Gasteiger partial charge on any atom is 0.244 e. The van der Waals surface area contributed by atoms with Crippen molar-refractivity contribution < 1.29 is 14.6 Å². The minimum Gasteiger partial charge on any atom is -0.497 e. The first-order valence-corrected chi connectivity index (χ1v) is 8.57. The van der Waals surface area contributed by atoms with Crippen LogP contribution in [0.3, 0.4) is 0 Å². The largest absolute Gasteiger partial charge is 0.497 e. The van der Waals surface area contributed by atoms with Gasteiger partial charge in [-0.15, -0.1) is 0 Å². The molecule has 1 aliphatic rings. The molecule has 1 aromatic rings. The molecule has 24 heavy (non-hydrogen) atoms. The molecule has 0 spiro atoms. The van der Waals surface area contributed by atoms with Crippen molar-refractivity contribution in [2.75, 3.05) is 33.3 Å². The van der Waals surface area contributed by atoms with Crippen LogP contribution in [0.25, 0.3) is 6.08 Å². The molecule has 1 aromatic carbocycles. The molecule has 0 aliphatic carbocycles. The van der Waals surface area contributed by atoms with Gasteiger partial charge in [-0.25, -0.2) is 0 Å². The number of likely N-dealkylation sites (tertiary alicyclic amines) is 1. The van der Waals surface area contributed by atoms with E-state index in [0.717, 1.165) is 30.3 Å². The molecule has 0 saturated carbocycles. The monoisotopic (exact) mass is 332 g/mol. The number of carbonyl (C=O) groups excluding carboxylic acids is 1. The summed E-state index contributed by atoms with van der Waals surface area (Å²) in [5, 5.41) is 12.8. The van der Waals surface area contributed by atoms with Gasteiger partial charge in [-0.2, -0.15) is 0 Å². The highest BCUT2D eigenvalue weighted by Crippen LogP contribution is 2.16. The van der Waals surface area contributed by atoms with Crippen LogP contribution >= 0.6 is 0 Å². The average molecular weight is 332 g/mol. The lowest BCUT2D eigenvalue weighted by molar-refractivity contribution is -0.116. The second-order valence-corrected chi connectivity index (χ2v) is 6.49. The summed E-state index contributed by atoms with van der Waals surface area (Å²) in [6, 6.07) is 7.49. The van der Waals surface area contributed by atoms with Gasteiger partial charge in [0, 0.05) is 19.2 Å². The first kappa shape index (κ1) is 18.5. The van der Waals surface area contributed by atoms with Crippen molar-refractivity contribution in [2.45, 2.75) is 25.9 Å². The van der Waals surface area contributed by atoms with E-state index in [9.17, 15) is 9.90 Å². The smallest absolute Gasteiger partial charge is 0.244 e. The van der Waals surface area contributed by atoms with Gasteiger partial charge in [0.05, 0.1) is 13.2 Å². The van der Waals surface area contributed by atoms with E-state index in [1.165, 1.54) is 18.9 Å². The number of aliphatic hydroxyl groups excluding tert-OH is 1. The van der Waals surface area contributed by atoms with Crippen molar-refractivity contribution >= 4 is 12.0 Å². The first-order valence-electron chi connectivity index (χ1n) is 8.57. The van der Waals surface area contributed by atoms with Crippen LogP contribution in [-0.2, 0) is 4.79 Å². The van der Waals surface area contributed by atoms with Crippen molar-refractivity contribution in [3.8, 4) is 5.75 Å². The van der Waals surface area contributed by atoms with Gasteiger partial charge < -0.3 is 20.1 Å². The zero-order chi connectivity index (χ0) is 17.4. The van der Waals surface area contributed by atoms with Crippen molar-refractivity contribution in [3.63, 3.8) is 0 Å². The van der Waals surface area contributed by atoms with Gasteiger partial charge in [-0.05, 0) is 55.6 Å². The van der Waals surface area contributed by atoms with E-state index in [1.54, 1.807) is 13.2 Å². The summed E-state index contributed by atoms with van der Waals surface area (Å²) >= 11 is 0. The fourth-order valence-electron chi connectivity index (χ4n) is 2.80. The third kappa shape index (κ3) is 6.34. The number of hydrogen-bond donors (Lipinski definition) is 2. The summed E-state index contributed by atoms with van der Waals surface area (Å²) in [5.41, 5.74) is 0.896. The van der Waals surface area contributed by atoms with Crippen LogP contribution in [0.4, 0.5) is 0 Å². The lowest BCUT2D eigenvalue weighted by atomic mass is 9.99. The Morgan fingerprint density at radius 1 is 1.46 bits per heavy atom. The highest BCUT2D eigenvalue weighted by Gasteiger charge is 2.18. The molecule has 1 fully saturated rings. The highest BCUT2D eigenvalue weighted by molar-refractivity contribution is 5.91. The summed E-state index contributed by atoms with van der Waals surface area (Å²) in [6.45, 7) is 5.21. The lowest BCUT2D eigenvalue weighted by Gasteiger charge is -2.31. The molecule has 5 heteroatoms. The van der Waals surface area contributed by atoms with E-state index in [2.05, 4.69) is 17.1 Å². The Balaban J connectivity index is 1.71. The van der Waals surface area contributed by atoms with Crippen molar-refractivity contribution in [2.24, 2.45) is 5.92 Å². The molecule has 1 saturated heterocycles. The Bertz CT molecular complexity index is 551. The van der Waals surface area contributed by atoms with Crippen LogP contribution in [-0.4, -0.2) is 55.3 Å². The summed E-state index contributed by atoms with van der Waals surface area (Å²) < 4.78 is 5.15. The number of hydrogen-bond acceptors (Lipinski definition) is 4. The average Bonchev–Trinajstić information content (AvgIpc) is 2.60. The van der Waals surface area contributed by atoms with Gasteiger partial charge in [0.25, 0.3) is 0 Å². The minimum absolute atomic E-state index is 0.205. The quantitative estimate of drug-likeness (QED) is 0.749. The Morgan fingerprint density at radius 3 is 2.92 bits per heavy atom. The first-order chi connectivity index (χ1) is 11.6. The summed E-state index contributed by atoms with van der Waals surface area (Å²) in [7, 11) is 1.61. The van der Waals surface area contributed by atoms with E-state index >= 15 is 0 Å². The van der Waals surface area contributed by atoms with Crippen LogP contribution in [0.2, 0.25) is 0 Å². The van der Waals surface area contributed by atoms with Gasteiger partial charge >= 0.3 is 0 Å². The predicted octanol–water partition coefficient (Wildman–Crippen LogP) is 1.92. The fourth-order valence-corrected chi connectivity index (χ4v) is 2.80. The predicted molar refractivity (Wildman–Crippen MR) is 95.9 cm³/mol. The normalized spacial score (nSPS) is 17.8. The number of carbonyl (C=O) groups is 1. The minimum atomic E-state index is -0.535. The Kier molecular flexibility index (Phi) is 7.28. The topological polar surface area (TPSA) is 61.8 Å². The number of nitrogens with one attached hydrogen (secondary N) is 1. The molecular formula is C19H28N2O3. The number of methoxy groups -OCH3 is 1. The molecule has 2 N–H and O–H groups in total. The molecule has 132 valence electrons. The van der Waals surface area contributed by atoms with E-state index in [4.69, 9.17) is 4.74 Å². The van der Waals surface area contributed by atoms with Crippen molar-refractivity contribution in [1.29, 1.82) is 0 Å². The zero-order valence-corrected chi connectivity index (χ0v) is 14.6. The van der Waals surface area contributed by atoms with Crippen LogP contribution in [0.1, 0.15) is 25.3 Å². The third-order valence-electron chi connectivity index (χ3n) is 4.38. The maximum atomic E-state index is 11.9. The second kappa shape index (κ2) is 9.45. The third-order valence-corrected chi connectivity index (χ3v) is 4.38. The SMILES string of the molecule is COc1cccc(/C=C/C(=O)NCC(O)CN2CCC(C)CC2)c1. The van der Waals surface area contributed by atoms with Crippen molar-refractivity contribution in [1.82, 2.24) is 10.2 Å². The van der Waals surface area contributed by atoms with E-state index in [-0.39, 0.29) is 12.5 Å². The Morgan fingerprint density at radius 2 is 2.21 bits per heavy atom. The molecule has 1 unspecified atom stereocenters. The molecule has 1 amide bonds. The molecule has 1 heterocycles. The lowest BCUT2D eigenvalue weighted by Crippen LogP contribution is -2.42. The van der Waals surface area contributed by atoms with Crippen LogP contribution in [0.5, 0.6) is 5.75 Å². The van der Waals surface area contributed by atoms with Gasteiger partial charge in [0.2, 0.25) is 5.91 Å². The zero-order valence-electron chi connectivity index (χ0n) is 14.6. The van der Waals surface area contributed by atoms with Gasteiger partial charge in [0.15, 0.2) is 0 Å². The maximum absolute atomic E-state index is 11.9. The van der Waals surface area contributed by atoms with E-state index in [0.29, 0.717) is 6.54 Å². The van der Waals surface area contributed by atoms with Gasteiger partial charge in [-0.1, -0.05) is 19.1 Å². The van der Waals surface area contributed by atoms with Crippen LogP contribution in [0, 0.1) is 5.92 Å². The molecule has 2 rings (SSSR count). The number of β-amino-alcohol motifs (C(OH)–C–C–N with tert-alkyl or cyclic N) is 1. The number of piperidine rings is 1.